The molecule has 2 unspecified atom stereocenters. The van der Waals surface area contributed by atoms with Gasteiger partial charge in [0.1, 0.15) is 24.9 Å². The fourth-order valence-electron chi connectivity index (χ4n) is 1.75. The van der Waals surface area contributed by atoms with Crippen molar-refractivity contribution in [1.82, 2.24) is 10.2 Å². The zero-order chi connectivity index (χ0) is 23.9. The van der Waals surface area contributed by atoms with E-state index in [0.29, 0.717) is 38.3 Å². The Balaban J connectivity index is -0.000000202. The van der Waals surface area contributed by atoms with Crippen LogP contribution in [0.1, 0.15) is 81.1 Å². The highest BCUT2D eigenvalue weighted by Crippen LogP contribution is 2.21. The minimum Gasteiger partial charge on any atom is -0.366 e. The number of hydrogen-bond donors (Lipinski definition) is 3. The van der Waals surface area contributed by atoms with Crippen LogP contribution >= 0.6 is 0 Å². The number of allylic oxidation sites excluding steroid dienone is 1. The minimum absolute atomic E-state index is 0.380. The summed E-state index contributed by atoms with van der Waals surface area (Å²) < 4.78 is 5.32. The Morgan fingerprint density at radius 3 is 1.83 bits per heavy atom. The Kier molecular flexibility index (Phi) is 29.1. The monoisotopic (exact) mass is 420 g/mol. The van der Waals surface area contributed by atoms with Gasteiger partial charge in [0.05, 0.1) is 0 Å². The number of hydrogen-bond acceptors (Lipinski definition) is 6. The van der Waals surface area contributed by atoms with E-state index in [1.807, 2.05) is 41.5 Å². The summed E-state index contributed by atoms with van der Waals surface area (Å²) in [5.74, 6) is -1.42. The number of rotatable bonds is 6. The van der Waals surface area contributed by atoms with Gasteiger partial charge in [-0.1, -0.05) is 55.4 Å². The molecule has 8 nitrogen and oxygen atoms in total. The van der Waals surface area contributed by atoms with Crippen LogP contribution in [0.4, 0.5) is 4.79 Å². The molecule has 174 valence electrons. The summed E-state index contributed by atoms with van der Waals surface area (Å²) in [7, 11) is 1.48. The lowest BCUT2D eigenvalue weighted by molar-refractivity contribution is -0.163. The number of carbonyl (C=O) groups excluding carboxylic acids is 3. The molecule has 8 heteroatoms. The first-order valence-electron chi connectivity index (χ1n) is 10.5. The second kappa shape index (κ2) is 24.3. The van der Waals surface area contributed by atoms with Crippen molar-refractivity contribution in [3.8, 4) is 0 Å². The molecule has 2 atom stereocenters. The maximum absolute atomic E-state index is 11.5. The normalized spacial score (nSPS) is 16.9. The summed E-state index contributed by atoms with van der Waals surface area (Å²) in [5.41, 5.74) is 0. The molecule has 2 amide bonds. The van der Waals surface area contributed by atoms with Gasteiger partial charge in [0.2, 0.25) is 0 Å². The molecule has 29 heavy (non-hydrogen) atoms. The van der Waals surface area contributed by atoms with E-state index in [9.17, 15) is 14.4 Å². The predicted molar refractivity (Wildman–Crippen MR) is 117 cm³/mol. The quantitative estimate of drug-likeness (QED) is 0.343. The second-order valence-corrected chi connectivity index (χ2v) is 4.97. The Bertz CT molecular complexity index is 408. The number of aliphatic hydroxyl groups is 2. The van der Waals surface area contributed by atoms with Crippen molar-refractivity contribution in [2.75, 3.05) is 7.05 Å². The van der Waals surface area contributed by atoms with E-state index in [4.69, 9.17) is 14.9 Å². The Labute approximate surface area is 177 Å². The molecule has 3 N–H and O–H groups in total. The third-order valence-electron chi connectivity index (χ3n) is 3.40. The van der Waals surface area contributed by atoms with Crippen molar-refractivity contribution in [3.63, 3.8) is 0 Å². The van der Waals surface area contributed by atoms with Gasteiger partial charge in [0.15, 0.2) is 5.79 Å². The third kappa shape index (κ3) is 18.0. The lowest BCUT2D eigenvalue weighted by Crippen LogP contribution is -2.41. The lowest BCUT2D eigenvalue weighted by Gasteiger charge is -2.24. The molecule has 0 saturated carbocycles. The highest BCUT2D eigenvalue weighted by molar-refractivity contribution is 5.76. The van der Waals surface area contributed by atoms with Crippen molar-refractivity contribution in [2.24, 2.45) is 0 Å². The summed E-state index contributed by atoms with van der Waals surface area (Å²) in [5, 5.41) is 19.8. The third-order valence-corrected chi connectivity index (χ3v) is 3.40. The summed E-state index contributed by atoms with van der Waals surface area (Å²) in [6.45, 7) is 15.5. The minimum atomic E-state index is -1.42. The van der Waals surface area contributed by atoms with Crippen molar-refractivity contribution >= 4 is 18.6 Å². The summed E-state index contributed by atoms with van der Waals surface area (Å²) >= 11 is 0. The number of aldehydes is 2. The Hall–Kier alpha value is -1.77. The summed E-state index contributed by atoms with van der Waals surface area (Å²) in [4.78, 5) is 33.5. The van der Waals surface area contributed by atoms with Gasteiger partial charge in [-0.05, 0) is 31.8 Å². The predicted octanol–water partition coefficient (Wildman–Crippen LogP) is 3.61. The van der Waals surface area contributed by atoms with Crippen molar-refractivity contribution in [2.45, 2.75) is 99.2 Å². The highest BCUT2D eigenvalue weighted by Gasteiger charge is 2.31. The topological polar surface area (TPSA) is 116 Å². The van der Waals surface area contributed by atoms with E-state index in [-0.39, 0.29) is 6.03 Å². The molecule has 0 aliphatic carbocycles. The molecule has 1 heterocycles. The van der Waals surface area contributed by atoms with Crippen LogP contribution in [0, 0.1) is 0 Å². The number of nitrogens with one attached hydrogen (secondary N) is 1. The van der Waals surface area contributed by atoms with Crippen LogP contribution in [0.15, 0.2) is 12.3 Å². The van der Waals surface area contributed by atoms with Gasteiger partial charge >= 0.3 is 6.03 Å². The largest absolute Gasteiger partial charge is 0.366 e. The molecule has 1 fully saturated rings. The highest BCUT2D eigenvalue weighted by atomic mass is 16.5. The van der Waals surface area contributed by atoms with Crippen LogP contribution in [0.3, 0.4) is 0 Å². The molecule has 1 aliphatic heterocycles. The van der Waals surface area contributed by atoms with E-state index in [0.717, 1.165) is 0 Å². The smallest absolute Gasteiger partial charge is 0.323 e. The van der Waals surface area contributed by atoms with E-state index in [1.54, 1.807) is 13.8 Å². The fourth-order valence-corrected chi connectivity index (χ4v) is 1.75. The van der Waals surface area contributed by atoms with Crippen LogP contribution in [-0.2, 0) is 14.3 Å². The molecular formula is C21H44N2O6. The van der Waals surface area contributed by atoms with Crippen molar-refractivity contribution < 1.29 is 29.3 Å². The molecule has 0 radical (unpaired) electrons. The van der Waals surface area contributed by atoms with Crippen LogP contribution in [0.5, 0.6) is 0 Å². The number of ether oxygens (including phenoxy) is 1. The van der Waals surface area contributed by atoms with E-state index in [1.165, 1.54) is 24.2 Å². The van der Waals surface area contributed by atoms with Gasteiger partial charge in [-0.25, -0.2) is 4.79 Å². The van der Waals surface area contributed by atoms with E-state index >= 15 is 0 Å². The SMILES string of the molecule is CC.CC.CC.CCC(O)(O)CC.CNC(=O)N(/C=C\C=O)C1CCC(C=O)O1. The average molecular weight is 421 g/mol. The molecule has 1 saturated heterocycles. The number of nitrogens with zero attached hydrogens (tertiary/aromatic N) is 1. The van der Waals surface area contributed by atoms with Gasteiger partial charge < -0.3 is 25.1 Å². The van der Waals surface area contributed by atoms with Gasteiger partial charge in [-0.2, -0.15) is 0 Å². The zero-order valence-corrected chi connectivity index (χ0v) is 19.8. The van der Waals surface area contributed by atoms with Gasteiger partial charge in [-0.15, -0.1) is 0 Å². The van der Waals surface area contributed by atoms with Crippen LogP contribution in [-0.4, -0.2) is 58.9 Å². The molecule has 1 rings (SSSR count). The zero-order valence-electron chi connectivity index (χ0n) is 19.8. The number of carbonyl (C=O) groups is 3. The first kappa shape index (κ1) is 34.7. The lowest BCUT2D eigenvalue weighted by atomic mass is 10.2. The van der Waals surface area contributed by atoms with Gasteiger partial charge in [-0.3, -0.25) is 9.69 Å². The Morgan fingerprint density at radius 2 is 1.55 bits per heavy atom. The summed E-state index contributed by atoms with van der Waals surface area (Å²) in [6.07, 6.45) is 4.82. The van der Waals surface area contributed by atoms with Crippen LogP contribution in [0.2, 0.25) is 0 Å². The molecule has 1 aliphatic rings. The van der Waals surface area contributed by atoms with Crippen molar-refractivity contribution in [1.29, 1.82) is 0 Å². The molecular weight excluding hydrogens is 376 g/mol. The fraction of sp³-hybridized carbons (Fsp3) is 0.762. The summed E-state index contributed by atoms with van der Waals surface area (Å²) in [6, 6.07) is -0.380. The molecule has 0 aromatic rings. The molecule has 0 aromatic carbocycles. The first-order valence-corrected chi connectivity index (χ1v) is 10.5. The average Bonchev–Trinajstić information content (AvgIpc) is 3.27. The van der Waals surface area contributed by atoms with E-state index in [2.05, 4.69) is 5.32 Å². The van der Waals surface area contributed by atoms with Gasteiger partial charge in [0.25, 0.3) is 0 Å². The van der Waals surface area contributed by atoms with Crippen LogP contribution < -0.4 is 5.32 Å². The Morgan fingerprint density at radius 1 is 1.07 bits per heavy atom. The van der Waals surface area contributed by atoms with Gasteiger partial charge in [0, 0.05) is 13.2 Å². The molecule has 0 bridgehead atoms. The number of amides is 2. The molecule has 0 spiro atoms. The van der Waals surface area contributed by atoms with E-state index < -0.39 is 18.1 Å². The number of urea groups is 1. The standard InChI is InChI=1S/C10H14N2O4.C5H12O2.3C2H6/c1-11-10(15)12(5-2-6-13)9-4-3-8(7-14)16-9;1-3-5(6,7)4-2;3*1-2/h2,5-9H,3-4H2,1H3,(H,11,15);6-7H,3-4H2,1-2H3;3*1-2H3/b5-2-;;;;. The molecule has 0 aromatic heterocycles. The van der Waals surface area contributed by atoms with Crippen LogP contribution in [0.25, 0.3) is 0 Å². The van der Waals surface area contributed by atoms with Crippen molar-refractivity contribution in [3.05, 3.63) is 12.3 Å². The second-order valence-electron chi connectivity index (χ2n) is 4.97. The maximum Gasteiger partial charge on any atom is 0.323 e. The maximum atomic E-state index is 11.5. The first-order chi connectivity index (χ1) is 13.8.